The molecule has 0 radical (unpaired) electrons. The van der Waals surface area contributed by atoms with E-state index in [2.05, 4.69) is 0 Å². The van der Waals surface area contributed by atoms with Crippen LogP contribution in [0.25, 0.3) is 0 Å². The molecule has 1 aliphatic heterocycles. The topological polar surface area (TPSA) is 35.5 Å². The summed E-state index contributed by atoms with van der Waals surface area (Å²) in [6, 6.07) is 8.03. The number of carbonyl (C=O) groups excluding carboxylic acids is 1. The van der Waals surface area contributed by atoms with Crippen LogP contribution in [-0.4, -0.2) is 18.3 Å². The van der Waals surface area contributed by atoms with Crippen LogP contribution in [0, 0.1) is 11.6 Å². The lowest BCUT2D eigenvalue weighted by atomic mass is 10.1. The zero-order valence-electron chi connectivity index (χ0n) is 10.8. The predicted molar refractivity (Wildman–Crippen MR) is 74.0 cm³/mol. The Kier molecular flexibility index (Phi) is 3.79. The molecule has 2 aromatic carbocycles. The van der Waals surface area contributed by atoms with E-state index in [0.29, 0.717) is 17.1 Å². The molecular formula is C15H10F2O3S. The van der Waals surface area contributed by atoms with Gasteiger partial charge in [-0.15, -0.1) is 11.8 Å². The summed E-state index contributed by atoms with van der Waals surface area (Å²) >= 11 is 0.961. The summed E-state index contributed by atoms with van der Waals surface area (Å²) in [5.74, 6) is -0.144. The number of hydrogen-bond acceptors (Lipinski definition) is 4. The first-order chi connectivity index (χ1) is 10.1. The van der Waals surface area contributed by atoms with Crippen molar-refractivity contribution in [3.63, 3.8) is 0 Å². The summed E-state index contributed by atoms with van der Waals surface area (Å²) in [7, 11) is 0. The van der Waals surface area contributed by atoms with Crippen LogP contribution in [0.4, 0.5) is 8.78 Å². The van der Waals surface area contributed by atoms with Gasteiger partial charge in [-0.05, 0) is 36.4 Å². The SMILES string of the molecule is O=C(CSc1cc(F)ccc1F)c1ccc2c(c1)OCO2. The van der Waals surface area contributed by atoms with Gasteiger partial charge in [-0.25, -0.2) is 8.78 Å². The molecular weight excluding hydrogens is 298 g/mol. The fourth-order valence-corrected chi connectivity index (χ4v) is 2.74. The van der Waals surface area contributed by atoms with Gasteiger partial charge >= 0.3 is 0 Å². The molecule has 3 rings (SSSR count). The average Bonchev–Trinajstić information content (AvgIpc) is 2.95. The third-order valence-electron chi connectivity index (χ3n) is 2.95. The first-order valence-electron chi connectivity index (χ1n) is 6.14. The minimum absolute atomic E-state index is 0.0139. The minimum Gasteiger partial charge on any atom is -0.454 e. The number of Topliss-reactive ketones (excluding diaryl/α,β-unsaturated/α-hetero) is 1. The van der Waals surface area contributed by atoms with Crippen LogP contribution in [0.5, 0.6) is 11.5 Å². The number of fused-ring (bicyclic) bond motifs is 1. The van der Waals surface area contributed by atoms with Gasteiger partial charge in [-0.1, -0.05) is 0 Å². The molecule has 0 unspecified atom stereocenters. The number of benzene rings is 2. The lowest BCUT2D eigenvalue weighted by molar-refractivity contribution is 0.102. The molecule has 21 heavy (non-hydrogen) atoms. The van der Waals surface area contributed by atoms with Gasteiger partial charge in [-0.3, -0.25) is 4.79 Å². The van der Waals surface area contributed by atoms with E-state index in [1.54, 1.807) is 18.2 Å². The highest BCUT2D eigenvalue weighted by Crippen LogP contribution is 2.33. The van der Waals surface area contributed by atoms with Crippen molar-refractivity contribution in [2.24, 2.45) is 0 Å². The van der Waals surface area contributed by atoms with Crippen LogP contribution >= 0.6 is 11.8 Å². The standard InChI is InChI=1S/C15H10F2O3S/c16-10-2-3-11(17)15(6-10)21-7-12(18)9-1-4-13-14(5-9)20-8-19-13/h1-6H,7-8H2. The molecule has 0 fully saturated rings. The van der Waals surface area contributed by atoms with Gasteiger partial charge in [0.1, 0.15) is 11.6 Å². The van der Waals surface area contributed by atoms with Crippen molar-refractivity contribution in [1.29, 1.82) is 0 Å². The highest BCUT2D eigenvalue weighted by atomic mass is 32.2. The molecule has 1 aliphatic rings. The zero-order valence-corrected chi connectivity index (χ0v) is 11.6. The van der Waals surface area contributed by atoms with Gasteiger partial charge in [-0.2, -0.15) is 0 Å². The summed E-state index contributed by atoms with van der Waals surface area (Å²) < 4.78 is 36.9. The molecule has 2 aromatic rings. The van der Waals surface area contributed by atoms with Gasteiger partial charge in [0.15, 0.2) is 17.3 Å². The maximum absolute atomic E-state index is 13.5. The number of halogens is 2. The summed E-state index contributed by atoms with van der Waals surface area (Å²) in [4.78, 5) is 12.2. The van der Waals surface area contributed by atoms with E-state index in [0.717, 1.165) is 30.0 Å². The Bertz CT molecular complexity index is 703. The second-order valence-electron chi connectivity index (χ2n) is 4.35. The van der Waals surface area contributed by atoms with Crippen molar-refractivity contribution in [3.8, 4) is 11.5 Å². The maximum atomic E-state index is 13.5. The molecule has 6 heteroatoms. The molecule has 0 atom stereocenters. The lowest BCUT2D eigenvalue weighted by Crippen LogP contribution is -2.02. The van der Waals surface area contributed by atoms with Crippen LogP contribution < -0.4 is 9.47 Å². The Morgan fingerprint density at radius 2 is 1.90 bits per heavy atom. The zero-order chi connectivity index (χ0) is 14.8. The third kappa shape index (κ3) is 3.00. The van der Waals surface area contributed by atoms with Gasteiger partial charge in [0.05, 0.1) is 5.75 Å². The van der Waals surface area contributed by atoms with E-state index < -0.39 is 11.6 Å². The minimum atomic E-state index is -0.542. The van der Waals surface area contributed by atoms with Crippen LogP contribution in [0.2, 0.25) is 0 Å². The Morgan fingerprint density at radius 1 is 1.10 bits per heavy atom. The summed E-state index contributed by atoms with van der Waals surface area (Å²) in [5, 5.41) is 0. The van der Waals surface area contributed by atoms with Crippen LogP contribution in [0.15, 0.2) is 41.3 Å². The molecule has 3 nitrogen and oxygen atoms in total. The number of hydrogen-bond donors (Lipinski definition) is 0. The van der Waals surface area contributed by atoms with Gasteiger partial charge in [0, 0.05) is 10.5 Å². The smallest absolute Gasteiger partial charge is 0.231 e. The van der Waals surface area contributed by atoms with Crippen molar-refractivity contribution in [2.45, 2.75) is 4.90 Å². The third-order valence-corrected chi connectivity index (χ3v) is 3.98. The Balaban J connectivity index is 1.70. The molecule has 108 valence electrons. The highest BCUT2D eigenvalue weighted by molar-refractivity contribution is 8.00. The maximum Gasteiger partial charge on any atom is 0.231 e. The normalized spacial score (nSPS) is 12.5. The molecule has 0 aliphatic carbocycles. The molecule has 0 spiro atoms. The van der Waals surface area contributed by atoms with Crippen molar-refractivity contribution >= 4 is 17.5 Å². The molecule has 0 N–H and O–H groups in total. The Morgan fingerprint density at radius 3 is 2.76 bits per heavy atom. The molecule has 0 saturated heterocycles. The van der Waals surface area contributed by atoms with E-state index in [1.165, 1.54) is 0 Å². The lowest BCUT2D eigenvalue weighted by Gasteiger charge is -2.04. The Labute approximate surface area is 123 Å². The van der Waals surface area contributed by atoms with Crippen molar-refractivity contribution in [1.82, 2.24) is 0 Å². The van der Waals surface area contributed by atoms with E-state index in [4.69, 9.17) is 9.47 Å². The number of carbonyl (C=O) groups is 1. The fraction of sp³-hybridized carbons (Fsp3) is 0.133. The van der Waals surface area contributed by atoms with Crippen LogP contribution in [0.3, 0.4) is 0 Å². The van der Waals surface area contributed by atoms with E-state index in [1.807, 2.05) is 0 Å². The second-order valence-corrected chi connectivity index (χ2v) is 5.37. The highest BCUT2D eigenvalue weighted by Gasteiger charge is 2.16. The molecule has 0 saturated carbocycles. The van der Waals surface area contributed by atoms with Gasteiger partial charge < -0.3 is 9.47 Å². The largest absolute Gasteiger partial charge is 0.454 e. The molecule has 0 aromatic heterocycles. The van der Waals surface area contributed by atoms with Crippen molar-refractivity contribution in [2.75, 3.05) is 12.5 Å². The fourth-order valence-electron chi connectivity index (χ4n) is 1.88. The first kappa shape index (κ1) is 13.9. The summed E-state index contributed by atoms with van der Waals surface area (Å²) in [6.07, 6.45) is 0. The van der Waals surface area contributed by atoms with Crippen molar-refractivity contribution < 1.29 is 23.0 Å². The number of ketones is 1. The van der Waals surface area contributed by atoms with E-state index in [-0.39, 0.29) is 23.2 Å². The second kappa shape index (κ2) is 5.73. The summed E-state index contributed by atoms with van der Waals surface area (Å²) in [5.41, 5.74) is 0.448. The monoisotopic (exact) mass is 308 g/mol. The number of thioether (sulfide) groups is 1. The molecule has 0 amide bonds. The average molecular weight is 308 g/mol. The molecule has 1 heterocycles. The molecule has 0 bridgehead atoms. The van der Waals surface area contributed by atoms with Crippen molar-refractivity contribution in [3.05, 3.63) is 53.6 Å². The van der Waals surface area contributed by atoms with Gasteiger partial charge in [0.25, 0.3) is 0 Å². The quantitative estimate of drug-likeness (QED) is 0.638. The van der Waals surface area contributed by atoms with E-state index >= 15 is 0 Å². The predicted octanol–water partition coefficient (Wildman–Crippen LogP) is 3.67. The van der Waals surface area contributed by atoms with Gasteiger partial charge in [0.2, 0.25) is 6.79 Å². The Hall–Kier alpha value is -2.08. The van der Waals surface area contributed by atoms with E-state index in [9.17, 15) is 13.6 Å². The number of ether oxygens (including phenoxy) is 2. The van der Waals surface area contributed by atoms with Crippen LogP contribution in [-0.2, 0) is 0 Å². The number of rotatable bonds is 4. The van der Waals surface area contributed by atoms with Crippen LogP contribution in [0.1, 0.15) is 10.4 Å². The first-order valence-corrected chi connectivity index (χ1v) is 7.13. The summed E-state index contributed by atoms with van der Waals surface area (Å²) in [6.45, 7) is 0.135.